The van der Waals surface area contributed by atoms with Crippen LogP contribution in [0.2, 0.25) is 0 Å². The summed E-state index contributed by atoms with van der Waals surface area (Å²) >= 11 is 0. The Kier molecular flexibility index (Phi) is 4.44. The molecule has 0 radical (unpaired) electrons. The van der Waals surface area contributed by atoms with Crippen LogP contribution in [0.5, 0.6) is 11.5 Å². The SMILES string of the molecule is COc1ccccc1CCCN1CC[C@H]2[C@@H](C1)c1cccc3c1N2CCO3. The van der Waals surface area contributed by atoms with Crippen molar-refractivity contribution in [2.45, 2.75) is 31.2 Å². The highest BCUT2D eigenvalue weighted by Gasteiger charge is 2.44. The topological polar surface area (TPSA) is 24.9 Å². The molecule has 3 aliphatic rings. The fraction of sp³-hybridized carbons (Fsp3) is 0.478. The lowest BCUT2D eigenvalue weighted by molar-refractivity contribution is 0.188. The van der Waals surface area contributed by atoms with E-state index in [9.17, 15) is 0 Å². The summed E-state index contributed by atoms with van der Waals surface area (Å²) in [6.45, 7) is 5.39. The van der Waals surface area contributed by atoms with Crippen molar-refractivity contribution < 1.29 is 9.47 Å². The molecule has 4 nitrogen and oxygen atoms in total. The molecule has 4 heteroatoms. The Morgan fingerprint density at radius 3 is 2.96 bits per heavy atom. The second kappa shape index (κ2) is 7.08. The first-order valence-electron chi connectivity index (χ1n) is 10.2. The number of hydrogen-bond donors (Lipinski definition) is 0. The Morgan fingerprint density at radius 1 is 1.11 bits per heavy atom. The molecule has 0 aromatic heterocycles. The number of likely N-dealkylation sites (tertiary alicyclic amines) is 1. The van der Waals surface area contributed by atoms with Gasteiger partial charge in [0.05, 0.1) is 19.3 Å². The number of aryl methyl sites for hydroxylation is 1. The predicted octanol–water partition coefficient (Wildman–Crippen LogP) is 3.70. The maximum atomic E-state index is 5.92. The molecular formula is C23H28N2O2. The van der Waals surface area contributed by atoms with Crippen LogP contribution >= 0.6 is 0 Å². The molecule has 0 amide bonds. The van der Waals surface area contributed by atoms with Crippen molar-refractivity contribution in [3.63, 3.8) is 0 Å². The van der Waals surface area contributed by atoms with Crippen LogP contribution in [0.3, 0.4) is 0 Å². The molecule has 142 valence electrons. The number of hydrogen-bond acceptors (Lipinski definition) is 4. The summed E-state index contributed by atoms with van der Waals surface area (Å²) in [4.78, 5) is 5.29. The van der Waals surface area contributed by atoms with Crippen molar-refractivity contribution in [3.05, 3.63) is 53.6 Å². The summed E-state index contributed by atoms with van der Waals surface area (Å²) in [5, 5.41) is 0. The highest BCUT2D eigenvalue weighted by Crippen LogP contribution is 2.50. The number of piperidine rings is 1. The van der Waals surface area contributed by atoms with Crippen LogP contribution in [-0.4, -0.2) is 50.8 Å². The molecule has 2 aromatic rings. The maximum absolute atomic E-state index is 5.92. The third-order valence-electron chi connectivity index (χ3n) is 6.48. The molecule has 2 aromatic carbocycles. The van der Waals surface area contributed by atoms with Gasteiger partial charge in [0.15, 0.2) is 0 Å². The summed E-state index contributed by atoms with van der Waals surface area (Å²) in [6.07, 6.45) is 3.51. The second-order valence-electron chi connectivity index (χ2n) is 7.91. The molecule has 0 aliphatic carbocycles. The van der Waals surface area contributed by atoms with E-state index in [1.54, 1.807) is 7.11 Å². The predicted molar refractivity (Wildman–Crippen MR) is 108 cm³/mol. The van der Waals surface area contributed by atoms with Gasteiger partial charge in [-0.25, -0.2) is 0 Å². The first-order valence-corrected chi connectivity index (χ1v) is 10.2. The monoisotopic (exact) mass is 364 g/mol. The standard InChI is InChI=1S/C23H28N2O2/c1-26-21-9-3-2-6-17(21)7-5-12-24-13-11-20-19(16-24)18-8-4-10-22-23(18)25(20)14-15-27-22/h2-4,6,8-10,19-20H,5,7,11-16H2,1H3/t19-,20-/m0/s1. The fourth-order valence-electron chi connectivity index (χ4n) is 5.25. The van der Waals surface area contributed by atoms with Gasteiger partial charge >= 0.3 is 0 Å². The van der Waals surface area contributed by atoms with E-state index in [0.29, 0.717) is 12.0 Å². The van der Waals surface area contributed by atoms with Crippen LogP contribution in [-0.2, 0) is 6.42 Å². The molecule has 3 heterocycles. The zero-order chi connectivity index (χ0) is 18.2. The lowest BCUT2D eigenvalue weighted by atomic mass is 9.89. The minimum atomic E-state index is 0.627. The van der Waals surface area contributed by atoms with Crippen LogP contribution < -0.4 is 14.4 Å². The van der Waals surface area contributed by atoms with Crippen LogP contribution in [0.15, 0.2) is 42.5 Å². The van der Waals surface area contributed by atoms with Crippen LogP contribution in [0.25, 0.3) is 0 Å². The van der Waals surface area contributed by atoms with Crippen molar-refractivity contribution in [2.24, 2.45) is 0 Å². The number of rotatable bonds is 5. The molecule has 0 N–H and O–H groups in total. The molecule has 5 rings (SSSR count). The van der Waals surface area contributed by atoms with Gasteiger partial charge in [0.2, 0.25) is 0 Å². The van der Waals surface area contributed by atoms with Crippen molar-refractivity contribution in [3.8, 4) is 11.5 Å². The number of benzene rings is 2. The van der Waals surface area contributed by atoms with E-state index in [4.69, 9.17) is 9.47 Å². The summed E-state index contributed by atoms with van der Waals surface area (Å²) < 4.78 is 11.4. The Labute approximate surface area is 161 Å². The van der Waals surface area contributed by atoms with Crippen molar-refractivity contribution in [1.29, 1.82) is 0 Å². The van der Waals surface area contributed by atoms with Gasteiger partial charge in [0.25, 0.3) is 0 Å². The minimum Gasteiger partial charge on any atom is -0.496 e. The van der Waals surface area contributed by atoms with Gasteiger partial charge in [0.1, 0.15) is 18.1 Å². The number of methoxy groups -OCH3 is 1. The number of ether oxygens (including phenoxy) is 2. The third-order valence-corrected chi connectivity index (χ3v) is 6.48. The van der Waals surface area contributed by atoms with Crippen LogP contribution in [0.1, 0.15) is 29.9 Å². The van der Waals surface area contributed by atoms with Gasteiger partial charge < -0.3 is 19.3 Å². The molecule has 3 aliphatic heterocycles. The average Bonchev–Trinajstić information content (AvgIpc) is 3.04. The molecule has 1 fully saturated rings. The van der Waals surface area contributed by atoms with E-state index in [2.05, 4.69) is 46.2 Å². The lowest BCUT2D eigenvalue weighted by Gasteiger charge is -2.40. The first-order chi connectivity index (χ1) is 13.3. The van der Waals surface area contributed by atoms with Gasteiger partial charge in [-0.1, -0.05) is 30.3 Å². The normalized spacial score (nSPS) is 23.5. The Bertz CT molecular complexity index is 822. The Balaban J connectivity index is 1.25. The summed E-state index contributed by atoms with van der Waals surface area (Å²) in [5.74, 6) is 2.74. The molecule has 0 unspecified atom stereocenters. The van der Waals surface area contributed by atoms with Crippen molar-refractivity contribution in [1.82, 2.24) is 4.90 Å². The smallest absolute Gasteiger partial charge is 0.142 e. The maximum Gasteiger partial charge on any atom is 0.142 e. The zero-order valence-corrected chi connectivity index (χ0v) is 16.1. The lowest BCUT2D eigenvalue weighted by Crippen LogP contribution is -2.48. The van der Waals surface area contributed by atoms with Gasteiger partial charge in [-0.3, -0.25) is 0 Å². The Morgan fingerprint density at radius 2 is 2.04 bits per heavy atom. The number of para-hydroxylation sites is 2. The van der Waals surface area contributed by atoms with E-state index < -0.39 is 0 Å². The molecule has 1 saturated heterocycles. The first kappa shape index (κ1) is 16.9. The van der Waals surface area contributed by atoms with E-state index in [-0.39, 0.29) is 0 Å². The highest BCUT2D eigenvalue weighted by molar-refractivity contribution is 5.71. The average molecular weight is 364 g/mol. The summed E-state index contributed by atoms with van der Waals surface area (Å²) in [7, 11) is 1.76. The molecule has 0 saturated carbocycles. The summed E-state index contributed by atoms with van der Waals surface area (Å²) in [5.41, 5.74) is 4.21. The number of nitrogens with zero attached hydrogens (tertiary/aromatic N) is 2. The number of anilines is 1. The van der Waals surface area contributed by atoms with Crippen molar-refractivity contribution in [2.75, 3.05) is 44.8 Å². The zero-order valence-electron chi connectivity index (χ0n) is 16.1. The third kappa shape index (κ3) is 2.96. The van der Waals surface area contributed by atoms with Crippen LogP contribution in [0, 0.1) is 0 Å². The quantitative estimate of drug-likeness (QED) is 0.808. The van der Waals surface area contributed by atoms with Gasteiger partial charge in [-0.05, 0) is 49.1 Å². The number of fused-ring (bicyclic) bond motifs is 3. The van der Waals surface area contributed by atoms with E-state index in [1.807, 2.05) is 6.07 Å². The van der Waals surface area contributed by atoms with Crippen LogP contribution in [0.4, 0.5) is 5.69 Å². The van der Waals surface area contributed by atoms with Gasteiger partial charge in [-0.2, -0.15) is 0 Å². The van der Waals surface area contributed by atoms with Gasteiger partial charge in [-0.15, -0.1) is 0 Å². The molecule has 0 bridgehead atoms. The summed E-state index contributed by atoms with van der Waals surface area (Å²) in [6, 6.07) is 15.7. The molecular weight excluding hydrogens is 336 g/mol. The highest BCUT2D eigenvalue weighted by atomic mass is 16.5. The second-order valence-corrected chi connectivity index (χ2v) is 7.91. The fourth-order valence-corrected chi connectivity index (χ4v) is 5.25. The molecule has 0 spiro atoms. The molecule has 2 atom stereocenters. The Hall–Kier alpha value is -2.20. The minimum absolute atomic E-state index is 0.627. The van der Waals surface area contributed by atoms with E-state index in [1.165, 1.54) is 42.7 Å². The largest absolute Gasteiger partial charge is 0.496 e. The van der Waals surface area contributed by atoms with E-state index >= 15 is 0 Å². The van der Waals surface area contributed by atoms with Gasteiger partial charge in [0, 0.05) is 25.0 Å². The van der Waals surface area contributed by atoms with Crippen molar-refractivity contribution >= 4 is 5.69 Å². The molecule has 27 heavy (non-hydrogen) atoms. The van der Waals surface area contributed by atoms with E-state index in [0.717, 1.165) is 37.6 Å².